The average Bonchev–Trinajstić information content (AvgIpc) is 3.36. The summed E-state index contributed by atoms with van der Waals surface area (Å²) in [6.07, 6.45) is 7.86. The van der Waals surface area contributed by atoms with E-state index in [1.54, 1.807) is 18.7 Å². The molecular formula is C19H24Cl2N6O. The number of aromatic amines is 1. The number of hydrogen-bond donors (Lipinski definition) is 3. The summed E-state index contributed by atoms with van der Waals surface area (Å²) < 4.78 is 0. The predicted molar refractivity (Wildman–Crippen MR) is 117 cm³/mol. The first-order valence-corrected chi connectivity index (χ1v) is 8.89. The molecule has 0 unspecified atom stereocenters. The molecule has 3 aromatic rings. The topological polar surface area (TPSA) is 99.9 Å². The maximum absolute atomic E-state index is 12.5. The maximum atomic E-state index is 12.5. The second kappa shape index (κ2) is 9.73. The summed E-state index contributed by atoms with van der Waals surface area (Å²) in [5, 5.41) is 3.89. The number of rotatable bonds is 5. The van der Waals surface area contributed by atoms with Gasteiger partial charge in [0.05, 0.1) is 29.3 Å². The van der Waals surface area contributed by atoms with Crippen LogP contribution in [0.2, 0.25) is 0 Å². The number of halogens is 2. The van der Waals surface area contributed by atoms with Crippen molar-refractivity contribution in [3.8, 4) is 0 Å². The van der Waals surface area contributed by atoms with Crippen molar-refractivity contribution in [2.24, 2.45) is 5.73 Å². The lowest BCUT2D eigenvalue weighted by Gasteiger charge is -2.21. The van der Waals surface area contributed by atoms with E-state index in [2.05, 4.69) is 25.2 Å². The first-order chi connectivity index (χ1) is 12.7. The number of nitrogens with two attached hydrogens (primary N) is 1. The number of carbonyl (C=O) groups excluding carboxylic acids is 1. The molecule has 4 rings (SSSR count). The lowest BCUT2D eigenvalue weighted by Crippen LogP contribution is -2.37. The van der Waals surface area contributed by atoms with Crippen molar-refractivity contribution in [3.05, 3.63) is 48.7 Å². The number of amides is 1. The van der Waals surface area contributed by atoms with Gasteiger partial charge in [0.15, 0.2) is 0 Å². The Morgan fingerprint density at radius 1 is 1.25 bits per heavy atom. The smallest absolute Gasteiger partial charge is 0.241 e. The predicted octanol–water partition coefficient (Wildman–Crippen LogP) is 2.91. The second-order valence-corrected chi connectivity index (χ2v) is 6.60. The molecular weight excluding hydrogens is 399 g/mol. The number of nitrogens with zero attached hydrogens (tertiary/aromatic N) is 3. The van der Waals surface area contributed by atoms with Gasteiger partial charge in [-0.15, -0.1) is 24.8 Å². The largest absolute Gasteiger partial charge is 0.370 e. The number of nitrogens with one attached hydrogen (secondary N) is 2. The quantitative estimate of drug-likeness (QED) is 0.586. The zero-order valence-corrected chi connectivity index (χ0v) is 16.9. The number of benzene rings is 1. The molecule has 0 saturated carbocycles. The molecule has 1 aliphatic heterocycles. The molecule has 0 aliphatic carbocycles. The first kappa shape index (κ1) is 21.9. The third kappa shape index (κ3) is 4.55. The van der Waals surface area contributed by atoms with E-state index in [0.717, 1.165) is 41.1 Å². The molecule has 1 aromatic carbocycles. The molecule has 1 atom stereocenters. The normalized spacial score (nSPS) is 14.2. The number of imidazole rings is 1. The van der Waals surface area contributed by atoms with E-state index >= 15 is 0 Å². The van der Waals surface area contributed by atoms with Crippen LogP contribution in [-0.4, -0.2) is 40.0 Å². The van der Waals surface area contributed by atoms with Crippen LogP contribution in [0.1, 0.15) is 18.5 Å². The van der Waals surface area contributed by atoms with Crippen molar-refractivity contribution in [1.29, 1.82) is 0 Å². The van der Waals surface area contributed by atoms with Crippen LogP contribution in [0.5, 0.6) is 0 Å². The fraction of sp³-hybridized carbons (Fsp3) is 0.316. The molecule has 0 spiro atoms. The van der Waals surface area contributed by atoms with Crippen molar-refractivity contribution in [3.63, 3.8) is 0 Å². The molecule has 28 heavy (non-hydrogen) atoms. The van der Waals surface area contributed by atoms with Crippen LogP contribution in [0.15, 0.2) is 43.0 Å². The highest BCUT2D eigenvalue weighted by Crippen LogP contribution is 2.32. The molecule has 1 fully saturated rings. The van der Waals surface area contributed by atoms with Crippen LogP contribution in [-0.2, 0) is 11.2 Å². The molecule has 2 aromatic heterocycles. The Kier molecular flexibility index (Phi) is 7.62. The molecule has 1 amide bonds. The monoisotopic (exact) mass is 422 g/mol. The summed E-state index contributed by atoms with van der Waals surface area (Å²) in [5.74, 6) is -0.223. The fourth-order valence-electron chi connectivity index (χ4n) is 3.43. The molecule has 9 heteroatoms. The van der Waals surface area contributed by atoms with Gasteiger partial charge in [0.1, 0.15) is 0 Å². The zero-order chi connectivity index (χ0) is 17.9. The standard InChI is InChI=1S/C19H22N6O.2ClH/c20-15(10-13-11-21-12-23-13)19(26)24-16-5-6-17(25-8-1-2-9-25)18-14(16)4-3-7-22-18;;/h3-7,11-12,15H,1-2,8-10,20H2,(H,21,23)(H,24,26);2*1H/t15-;;/m0../s1. The van der Waals surface area contributed by atoms with Crippen LogP contribution in [0.25, 0.3) is 10.9 Å². The summed E-state index contributed by atoms with van der Waals surface area (Å²) in [4.78, 5) is 26.4. The van der Waals surface area contributed by atoms with Crippen molar-refractivity contribution in [2.75, 3.05) is 23.3 Å². The Hall–Kier alpha value is -2.35. The van der Waals surface area contributed by atoms with Gasteiger partial charge in [0.2, 0.25) is 5.91 Å². The minimum atomic E-state index is -0.652. The molecule has 3 heterocycles. The van der Waals surface area contributed by atoms with Crippen LogP contribution in [0, 0.1) is 0 Å². The van der Waals surface area contributed by atoms with Gasteiger partial charge >= 0.3 is 0 Å². The van der Waals surface area contributed by atoms with E-state index in [1.807, 2.05) is 24.3 Å². The van der Waals surface area contributed by atoms with E-state index in [-0.39, 0.29) is 30.7 Å². The molecule has 0 radical (unpaired) electrons. The maximum Gasteiger partial charge on any atom is 0.241 e. The molecule has 1 aliphatic rings. The Bertz CT molecular complexity index is 912. The van der Waals surface area contributed by atoms with Crippen LogP contribution >= 0.6 is 24.8 Å². The molecule has 1 saturated heterocycles. The van der Waals surface area contributed by atoms with Gasteiger partial charge in [-0.05, 0) is 37.1 Å². The Labute approximate surface area is 175 Å². The van der Waals surface area contributed by atoms with Crippen LogP contribution in [0.4, 0.5) is 11.4 Å². The minimum absolute atomic E-state index is 0. The molecule has 0 bridgehead atoms. The van der Waals surface area contributed by atoms with E-state index in [0.29, 0.717) is 6.42 Å². The van der Waals surface area contributed by atoms with Crippen molar-refractivity contribution in [2.45, 2.75) is 25.3 Å². The first-order valence-electron chi connectivity index (χ1n) is 8.89. The van der Waals surface area contributed by atoms with Gasteiger partial charge in [-0.3, -0.25) is 9.78 Å². The highest BCUT2D eigenvalue weighted by Gasteiger charge is 2.19. The Morgan fingerprint density at radius 2 is 2.04 bits per heavy atom. The van der Waals surface area contributed by atoms with Crippen LogP contribution < -0.4 is 16.0 Å². The summed E-state index contributed by atoms with van der Waals surface area (Å²) in [6, 6.07) is 7.20. The molecule has 7 nitrogen and oxygen atoms in total. The minimum Gasteiger partial charge on any atom is -0.370 e. The van der Waals surface area contributed by atoms with E-state index < -0.39 is 6.04 Å². The number of fused-ring (bicyclic) bond motifs is 1. The number of aromatic nitrogens is 3. The summed E-state index contributed by atoms with van der Waals surface area (Å²) in [7, 11) is 0. The Morgan fingerprint density at radius 3 is 2.75 bits per heavy atom. The van der Waals surface area contributed by atoms with Gasteiger partial charge < -0.3 is 20.9 Å². The summed E-state index contributed by atoms with van der Waals surface area (Å²) in [5.41, 5.74) is 9.65. The summed E-state index contributed by atoms with van der Waals surface area (Å²) in [6.45, 7) is 2.10. The van der Waals surface area contributed by atoms with E-state index in [4.69, 9.17) is 5.73 Å². The van der Waals surface area contributed by atoms with Gasteiger partial charge in [-0.25, -0.2) is 4.98 Å². The number of carbonyl (C=O) groups is 1. The van der Waals surface area contributed by atoms with Gasteiger partial charge in [0, 0.05) is 43.0 Å². The third-order valence-corrected chi connectivity index (χ3v) is 4.78. The lowest BCUT2D eigenvalue weighted by atomic mass is 10.1. The van der Waals surface area contributed by atoms with E-state index in [1.165, 1.54) is 12.8 Å². The van der Waals surface area contributed by atoms with Crippen LogP contribution in [0.3, 0.4) is 0 Å². The van der Waals surface area contributed by atoms with Crippen molar-refractivity contribution < 1.29 is 4.79 Å². The third-order valence-electron chi connectivity index (χ3n) is 4.78. The fourth-order valence-corrected chi connectivity index (χ4v) is 3.43. The van der Waals surface area contributed by atoms with Crippen molar-refractivity contribution in [1.82, 2.24) is 15.0 Å². The van der Waals surface area contributed by atoms with Gasteiger partial charge in [-0.1, -0.05) is 0 Å². The average molecular weight is 423 g/mol. The molecule has 4 N–H and O–H groups in total. The second-order valence-electron chi connectivity index (χ2n) is 6.60. The molecule has 150 valence electrons. The lowest BCUT2D eigenvalue weighted by molar-refractivity contribution is -0.117. The van der Waals surface area contributed by atoms with Gasteiger partial charge in [-0.2, -0.15) is 0 Å². The highest BCUT2D eigenvalue weighted by atomic mass is 35.5. The number of anilines is 2. The van der Waals surface area contributed by atoms with E-state index in [9.17, 15) is 4.79 Å². The number of hydrogen-bond acceptors (Lipinski definition) is 5. The highest BCUT2D eigenvalue weighted by molar-refractivity contribution is 6.06. The number of H-pyrrole nitrogens is 1. The Balaban J connectivity index is 0.00000140. The summed E-state index contributed by atoms with van der Waals surface area (Å²) >= 11 is 0. The SMILES string of the molecule is Cl.Cl.N[C@@H](Cc1cnc[nH]1)C(=O)Nc1ccc(N2CCCC2)c2ncccc12. The number of pyridine rings is 1. The van der Waals surface area contributed by atoms with Crippen molar-refractivity contribution >= 4 is 53.0 Å². The zero-order valence-electron chi connectivity index (χ0n) is 15.3. The van der Waals surface area contributed by atoms with Gasteiger partial charge in [0.25, 0.3) is 0 Å².